The van der Waals surface area contributed by atoms with Crippen molar-refractivity contribution < 1.29 is 58.9 Å². The summed E-state index contributed by atoms with van der Waals surface area (Å²) in [6.07, 6.45) is 4.08. The largest absolute Gasteiger partial charge is 4.00 e. The minimum absolute atomic E-state index is 0. The van der Waals surface area contributed by atoms with Crippen LogP contribution in [0.25, 0.3) is 0 Å². The molecule has 1 fully saturated rings. The van der Waals surface area contributed by atoms with E-state index in [1.165, 1.54) is 31.4 Å². The Balaban J connectivity index is 0. The smallest absolute Gasteiger partial charge is 1.00 e. The van der Waals surface area contributed by atoms with E-state index in [0.29, 0.717) is 5.92 Å². The zero-order valence-corrected chi connectivity index (χ0v) is 19.2. The molecule has 1 unspecified atom stereocenters. The van der Waals surface area contributed by atoms with Crippen LogP contribution in [0.4, 0.5) is 0 Å². The van der Waals surface area contributed by atoms with Gasteiger partial charge in [0.25, 0.3) is 0 Å². The van der Waals surface area contributed by atoms with E-state index in [4.69, 9.17) is 0 Å². The molecule has 0 radical (unpaired) electrons. The van der Waals surface area contributed by atoms with E-state index in [1.807, 2.05) is 0 Å². The minimum Gasteiger partial charge on any atom is -1.00 e. The van der Waals surface area contributed by atoms with E-state index in [0.717, 1.165) is 0 Å². The molecular formula is C19H25Cl3SiTi. The molecule has 0 aliphatic carbocycles. The van der Waals surface area contributed by atoms with Gasteiger partial charge in [-0.15, -0.1) is 0 Å². The topological polar surface area (TPSA) is 0 Å². The van der Waals surface area contributed by atoms with Crippen molar-refractivity contribution in [2.45, 2.75) is 51.1 Å². The number of benzene rings is 1. The fraction of sp³-hybridized carbons (Fsp3) is 0.421. The summed E-state index contributed by atoms with van der Waals surface area (Å²) in [7, 11) is -1.42. The molecule has 2 aromatic rings. The van der Waals surface area contributed by atoms with Gasteiger partial charge in [0, 0.05) is 0 Å². The van der Waals surface area contributed by atoms with Crippen LogP contribution in [-0.2, 0) is 21.7 Å². The Labute approximate surface area is 181 Å². The maximum absolute atomic E-state index is 2.54. The molecule has 0 aromatic heterocycles. The molecule has 0 amide bonds. The van der Waals surface area contributed by atoms with Crippen molar-refractivity contribution in [3.8, 4) is 0 Å². The summed E-state index contributed by atoms with van der Waals surface area (Å²) < 4.78 is 0. The monoisotopic (exact) mass is 434 g/mol. The summed E-state index contributed by atoms with van der Waals surface area (Å²) in [5.41, 5.74) is 1.55. The summed E-state index contributed by atoms with van der Waals surface area (Å²) in [5.74, 6) is 0.701. The maximum atomic E-state index is 2.54. The fourth-order valence-electron chi connectivity index (χ4n) is 3.78. The molecule has 130 valence electrons. The molecule has 0 bridgehead atoms. The number of hydrogen-bond acceptors (Lipinski definition) is 0. The molecule has 1 heterocycles. The first-order valence-corrected chi connectivity index (χ1v) is 10.5. The van der Waals surface area contributed by atoms with Crippen LogP contribution < -0.4 is 47.6 Å². The molecule has 0 N–H and O–H groups in total. The second-order valence-corrected chi connectivity index (χ2v) is 10.7. The van der Waals surface area contributed by atoms with Crippen LogP contribution in [0.2, 0.25) is 12.1 Å². The Morgan fingerprint density at radius 1 is 1.00 bits per heavy atom. The van der Waals surface area contributed by atoms with Crippen molar-refractivity contribution in [3.63, 3.8) is 0 Å². The summed E-state index contributed by atoms with van der Waals surface area (Å²) >= 11 is 0. The molecule has 1 aliphatic rings. The van der Waals surface area contributed by atoms with Crippen molar-refractivity contribution in [3.05, 3.63) is 54.1 Å². The first kappa shape index (κ1) is 26.6. The molecule has 1 saturated heterocycles. The summed E-state index contributed by atoms with van der Waals surface area (Å²) in [6.45, 7) is 4.64. The van der Waals surface area contributed by atoms with Gasteiger partial charge in [-0.1, -0.05) is 86.6 Å². The molecule has 2 aromatic carbocycles. The Hall–Kier alpha value is 0.371. The van der Waals surface area contributed by atoms with Crippen LogP contribution in [0.1, 0.15) is 44.6 Å². The molecule has 0 spiro atoms. The SMILES string of the molecule is CCC(C)c1cc[c-]([Si]2(c3ccccc3)CCCC2)c1.[Cl-].[Cl-].[Cl-].[Ti+4]. The average molecular weight is 436 g/mol. The second kappa shape index (κ2) is 11.9. The number of hydrogen-bond donors (Lipinski definition) is 0. The van der Waals surface area contributed by atoms with Crippen molar-refractivity contribution in [2.75, 3.05) is 0 Å². The quantitative estimate of drug-likeness (QED) is 0.335. The molecule has 5 heteroatoms. The van der Waals surface area contributed by atoms with Gasteiger partial charge in [-0.2, -0.15) is 22.9 Å². The van der Waals surface area contributed by atoms with E-state index in [2.05, 4.69) is 62.4 Å². The fourth-order valence-corrected chi connectivity index (χ4v) is 8.90. The standard InChI is InChI=1S/C19H25Si.3ClH.Ti/c1-3-16(2)17-11-12-19(15-17)20(13-7-8-14-20)18-9-5-4-6-10-18;;;;/h4-6,9-12,15-16H,3,7-8,13-14H2,1-2H3;3*1H;/q-1;;;;+4/p-3. The molecular weight excluding hydrogens is 411 g/mol. The molecule has 0 saturated carbocycles. The van der Waals surface area contributed by atoms with Gasteiger partial charge in [0.1, 0.15) is 0 Å². The third-order valence-electron chi connectivity index (χ3n) is 5.29. The molecule has 0 nitrogen and oxygen atoms in total. The normalized spacial score (nSPS) is 15.9. The van der Waals surface area contributed by atoms with E-state index >= 15 is 0 Å². The first-order chi connectivity index (χ1) is 9.76. The predicted octanol–water partition coefficient (Wildman–Crippen LogP) is -4.71. The summed E-state index contributed by atoms with van der Waals surface area (Å²) in [5, 5.41) is 3.34. The second-order valence-electron chi connectivity index (χ2n) is 6.40. The van der Waals surface area contributed by atoms with Crippen molar-refractivity contribution in [1.82, 2.24) is 0 Å². The minimum atomic E-state index is -1.42. The van der Waals surface area contributed by atoms with E-state index in [9.17, 15) is 0 Å². The van der Waals surface area contributed by atoms with Gasteiger partial charge < -0.3 is 37.2 Å². The zero-order chi connectivity index (χ0) is 14.0. The van der Waals surface area contributed by atoms with Gasteiger partial charge in [0.15, 0.2) is 0 Å². The van der Waals surface area contributed by atoms with Crippen molar-refractivity contribution in [1.29, 1.82) is 0 Å². The van der Waals surface area contributed by atoms with Crippen LogP contribution >= 0.6 is 0 Å². The van der Waals surface area contributed by atoms with Gasteiger partial charge in [-0.05, 0) is 0 Å². The Kier molecular flexibility index (Phi) is 13.2. The molecule has 1 atom stereocenters. The third kappa shape index (κ3) is 5.19. The van der Waals surface area contributed by atoms with Gasteiger partial charge in [0.2, 0.25) is 0 Å². The Morgan fingerprint density at radius 3 is 2.12 bits per heavy atom. The summed E-state index contributed by atoms with van der Waals surface area (Å²) in [4.78, 5) is 0. The van der Waals surface area contributed by atoms with Gasteiger partial charge in [0.05, 0.1) is 8.07 Å². The van der Waals surface area contributed by atoms with E-state index < -0.39 is 8.07 Å². The number of rotatable bonds is 4. The Bertz CT molecular complexity index is 565. The van der Waals surface area contributed by atoms with Crippen LogP contribution in [0.3, 0.4) is 0 Å². The predicted molar refractivity (Wildman–Crippen MR) is 91.1 cm³/mol. The number of halogens is 3. The first-order valence-electron chi connectivity index (χ1n) is 8.09. The van der Waals surface area contributed by atoms with Gasteiger partial charge in [-0.3, -0.25) is 0 Å². The van der Waals surface area contributed by atoms with Crippen molar-refractivity contribution >= 4 is 18.4 Å². The van der Waals surface area contributed by atoms with Crippen molar-refractivity contribution in [2.24, 2.45) is 0 Å². The molecule has 24 heavy (non-hydrogen) atoms. The van der Waals surface area contributed by atoms with Gasteiger partial charge >= 0.3 is 21.7 Å². The van der Waals surface area contributed by atoms with Crippen LogP contribution in [0.15, 0.2) is 48.5 Å². The van der Waals surface area contributed by atoms with E-state index in [-0.39, 0.29) is 58.9 Å². The van der Waals surface area contributed by atoms with Crippen LogP contribution in [-0.4, -0.2) is 8.07 Å². The maximum Gasteiger partial charge on any atom is 4.00 e. The third-order valence-corrected chi connectivity index (χ3v) is 10.6. The molecule has 1 aliphatic heterocycles. The zero-order valence-electron chi connectivity index (χ0n) is 14.4. The average Bonchev–Trinajstić information content (AvgIpc) is 3.17. The molecule has 3 rings (SSSR count). The summed E-state index contributed by atoms with van der Waals surface area (Å²) in [6, 6.07) is 21.6. The van der Waals surface area contributed by atoms with E-state index in [1.54, 1.807) is 15.9 Å². The van der Waals surface area contributed by atoms with Crippen LogP contribution in [0, 0.1) is 0 Å². The van der Waals surface area contributed by atoms with Gasteiger partial charge in [-0.25, -0.2) is 6.07 Å². The van der Waals surface area contributed by atoms with Crippen LogP contribution in [0.5, 0.6) is 0 Å². The Morgan fingerprint density at radius 2 is 1.58 bits per heavy atom.